The van der Waals surface area contributed by atoms with Crippen molar-refractivity contribution in [1.29, 1.82) is 0 Å². The van der Waals surface area contributed by atoms with E-state index < -0.39 is 5.60 Å². The molecule has 0 amide bonds. The van der Waals surface area contributed by atoms with Gasteiger partial charge in [-0.25, -0.2) is 0 Å². The number of fused-ring (bicyclic) bond motifs is 1. The van der Waals surface area contributed by atoms with Crippen molar-refractivity contribution >= 4 is 0 Å². The monoisotopic (exact) mass is 313 g/mol. The molecular formula is C19H27N3O. The van der Waals surface area contributed by atoms with Crippen molar-refractivity contribution in [3.05, 3.63) is 53.3 Å². The second kappa shape index (κ2) is 6.46. The van der Waals surface area contributed by atoms with Gasteiger partial charge in [0.1, 0.15) is 5.60 Å². The van der Waals surface area contributed by atoms with Gasteiger partial charge in [0.15, 0.2) is 0 Å². The third-order valence-electron chi connectivity index (χ3n) is 4.91. The maximum Gasteiger partial charge on any atom is 0.102 e. The van der Waals surface area contributed by atoms with E-state index in [1.165, 1.54) is 5.56 Å². The van der Waals surface area contributed by atoms with Crippen molar-refractivity contribution in [1.82, 2.24) is 15.1 Å². The van der Waals surface area contributed by atoms with E-state index in [9.17, 15) is 5.11 Å². The summed E-state index contributed by atoms with van der Waals surface area (Å²) in [7, 11) is 0. The molecule has 3 rings (SSSR count). The second-order valence-corrected chi connectivity index (χ2v) is 6.99. The molecule has 1 aromatic heterocycles. The van der Waals surface area contributed by atoms with E-state index in [4.69, 9.17) is 0 Å². The summed E-state index contributed by atoms with van der Waals surface area (Å²) in [6.07, 6.45) is 6.91. The summed E-state index contributed by atoms with van der Waals surface area (Å²) in [4.78, 5) is 0. The van der Waals surface area contributed by atoms with Crippen LogP contribution in [0.15, 0.2) is 36.7 Å². The number of aromatic nitrogens is 2. The van der Waals surface area contributed by atoms with Crippen LogP contribution >= 0.6 is 0 Å². The molecule has 1 aromatic carbocycles. The molecule has 1 heterocycles. The average Bonchev–Trinajstić information content (AvgIpc) is 3.04. The molecule has 2 aromatic rings. The zero-order valence-electron chi connectivity index (χ0n) is 14.3. The molecule has 4 nitrogen and oxygen atoms in total. The first-order valence-corrected chi connectivity index (χ1v) is 8.58. The average molecular weight is 313 g/mol. The summed E-state index contributed by atoms with van der Waals surface area (Å²) in [6, 6.07) is 8.81. The van der Waals surface area contributed by atoms with Crippen LogP contribution in [0.3, 0.4) is 0 Å². The summed E-state index contributed by atoms with van der Waals surface area (Å²) in [5.74, 6) is 0. The topological polar surface area (TPSA) is 50.1 Å². The molecule has 0 bridgehead atoms. The molecule has 4 heteroatoms. The Hall–Kier alpha value is -1.65. The molecule has 0 saturated heterocycles. The number of hydrogen-bond acceptors (Lipinski definition) is 3. The number of hydrogen-bond donors (Lipinski definition) is 2. The fourth-order valence-corrected chi connectivity index (χ4v) is 3.38. The maximum absolute atomic E-state index is 11.1. The minimum atomic E-state index is -0.767. The maximum atomic E-state index is 11.1. The summed E-state index contributed by atoms with van der Waals surface area (Å²) >= 11 is 0. The highest BCUT2D eigenvalue weighted by atomic mass is 16.3. The van der Waals surface area contributed by atoms with Crippen molar-refractivity contribution in [2.75, 3.05) is 6.54 Å². The lowest BCUT2D eigenvalue weighted by atomic mass is 9.79. The number of rotatable bonds is 5. The molecule has 0 aliphatic heterocycles. The lowest BCUT2D eigenvalue weighted by Gasteiger charge is -2.35. The number of benzene rings is 1. The molecule has 0 unspecified atom stereocenters. The van der Waals surface area contributed by atoms with Crippen LogP contribution in [0.4, 0.5) is 0 Å². The van der Waals surface area contributed by atoms with Gasteiger partial charge in [-0.15, -0.1) is 0 Å². The lowest BCUT2D eigenvalue weighted by molar-refractivity contribution is 0.0170. The summed E-state index contributed by atoms with van der Waals surface area (Å²) in [5, 5.41) is 19.0. The Bertz CT molecular complexity index is 664. The van der Waals surface area contributed by atoms with E-state index in [1.807, 2.05) is 16.9 Å². The summed E-state index contributed by atoms with van der Waals surface area (Å²) < 4.78 is 1.97. The van der Waals surface area contributed by atoms with Crippen LogP contribution in [0.5, 0.6) is 0 Å². The molecule has 0 fully saturated rings. The minimum absolute atomic E-state index is 0.167. The zero-order valence-corrected chi connectivity index (χ0v) is 14.3. The summed E-state index contributed by atoms with van der Waals surface area (Å²) in [6.45, 7) is 6.94. The molecule has 124 valence electrons. The van der Waals surface area contributed by atoms with Crippen LogP contribution in [0, 0.1) is 0 Å². The van der Waals surface area contributed by atoms with Gasteiger partial charge in [0.2, 0.25) is 0 Å². The van der Waals surface area contributed by atoms with Crippen molar-refractivity contribution in [3.8, 4) is 0 Å². The first-order chi connectivity index (χ1) is 11.0. The van der Waals surface area contributed by atoms with Gasteiger partial charge in [-0.3, -0.25) is 4.68 Å². The van der Waals surface area contributed by atoms with Crippen LogP contribution in [0.2, 0.25) is 0 Å². The molecule has 2 N–H and O–H groups in total. The highest BCUT2D eigenvalue weighted by molar-refractivity contribution is 5.35. The van der Waals surface area contributed by atoms with Crippen LogP contribution in [0.25, 0.3) is 0 Å². The largest absolute Gasteiger partial charge is 0.384 e. The first kappa shape index (κ1) is 16.2. The molecule has 2 atom stereocenters. The van der Waals surface area contributed by atoms with Crippen molar-refractivity contribution in [2.24, 2.45) is 0 Å². The molecule has 0 saturated carbocycles. The zero-order chi connectivity index (χ0) is 16.4. The van der Waals surface area contributed by atoms with Gasteiger partial charge in [0.25, 0.3) is 0 Å². The predicted molar refractivity (Wildman–Crippen MR) is 92.3 cm³/mol. The SMILES string of the molecule is CC(C)n1cc([C@@H](C)NC[C@@]2(O)CCCc3ccccc32)cn1. The van der Waals surface area contributed by atoms with Gasteiger partial charge in [0.05, 0.1) is 6.20 Å². The van der Waals surface area contributed by atoms with E-state index in [2.05, 4.69) is 55.6 Å². The molecule has 0 spiro atoms. The van der Waals surface area contributed by atoms with Crippen molar-refractivity contribution in [3.63, 3.8) is 0 Å². The van der Waals surface area contributed by atoms with Crippen LogP contribution in [-0.4, -0.2) is 21.4 Å². The third kappa shape index (κ3) is 3.33. The quantitative estimate of drug-likeness (QED) is 0.890. The van der Waals surface area contributed by atoms with Crippen LogP contribution in [-0.2, 0) is 12.0 Å². The predicted octanol–water partition coefficient (Wildman–Crippen LogP) is 3.34. The Morgan fingerprint density at radius 2 is 2.09 bits per heavy atom. The lowest BCUT2D eigenvalue weighted by Crippen LogP contribution is -2.41. The number of nitrogens with one attached hydrogen (secondary N) is 1. The van der Waals surface area contributed by atoms with Crippen LogP contribution in [0.1, 0.15) is 62.4 Å². The van der Waals surface area contributed by atoms with Crippen molar-refractivity contribution < 1.29 is 5.11 Å². The van der Waals surface area contributed by atoms with Gasteiger partial charge < -0.3 is 10.4 Å². The van der Waals surface area contributed by atoms with Gasteiger partial charge in [-0.1, -0.05) is 24.3 Å². The molecule has 0 radical (unpaired) electrons. The van der Waals surface area contributed by atoms with Gasteiger partial charge in [0, 0.05) is 30.4 Å². The van der Waals surface area contributed by atoms with E-state index in [0.717, 1.165) is 30.4 Å². The second-order valence-electron chi connectivity index (χ2n) is 6.99. The smallest absolute Gasteiger partial charge is 0.102 e. The highest BCUT2D eigenvalue weighted by Crippen LogP contribution is 2.35. The number of nitrogens with zero attached hydrogens (tertiary/aromatic N) is 2. The molecule has 1 aliphatic carbocycles. The molecule has 23 heavy (non-hydrogen) atoms. The van der Waals surface area contributed by atoms with E-state index in [-0.39, 0.29) is 6.04 Å². The Morgan fingerprint density at radius 1 is 1.30 bits per heavy atom. The fourth-order valence-electron chi connectivity index (χ4n) is 3.38. The van der Waals surface area contributed by atoms with Crippen molar-refractivity contribution in [2.45, 2.75) is 57.7 Å². The standard InChI is InChI=1S/C19H27N3O/c1-14(2)22-12-17(11-21-22)15(3)20-13-19(23)10-6-8-16-7-4-5-9-18(16)19/h4-5,7,9,11-12,14-15,20,23H,6,8,10,13H2,1-3H3/t15-,19+/m1/s1. The van der Waals surface area contributed by atoms with Gasteiger partial charge in [-0.2, -0.15) is 5.10 Å². The fraction of sp³-hybridized carbons (Fsp3) is 0.526. The molecule has 1 aliphatic rings. The van der Waals surface area contributed by atoms with Crippen LogP contribution < -0.4 is 5.32 Å². The first-order valence-electron chi connectivity index (χ1n) is 8.58. The minimum Gasteiger partial charge on any atom is -0.384 e. The Morgan fingerprint density at radius 3 is 2.83 bits per heavy atom. The number of aliphatic hydroxyl groups is 1. The van der Waals surface area contributed by atoms with E-state index >= 15 is 0 Å². The van der Waals surface area contributed by atoms with E-state index in [0.29, 0.717) is 12.6 Å². The molecular weight excluding hydrogens is 286 g/mol. The Kier molecular flexibility index (Phi) is 4.55. The highest BCUT2D eigenvalue weighted by Gasteiger charge is 2.34. The third-order valence-corrected chi connectivity index (χ3v) is 4.91. The van der Waals surface area contributed by atoms with Gasteiger partial charge >= 0.3 is 0 Å². The Balaban J connectivity index is 1.70. The van der Waals surface area contributed by atoms with Gasteiger partial charge in [-0.05, 0) is 51.2 Å². The van der Waals surface area contributed by atoms with E-state index in [1.54, 1.807) is 0 Å². The summed E-state index contributed by atoms with van der Waals surface area (Å²) in [5.41, 5.74) is 2.76. The Labute approximate surface area is 138 Å². The normalized spacial score (nSPS) is 22.1. The number of aryl methyl sites for hydroxylation is 1.